The fourth-order valence-electron chi connectivity index (χ4n) is 1.67. The molecule has 0 saturated carbocycles. The molecule has 0 unspecified atom stereocenters. The van der Waals surface area contributed by atoms with Crippen molar-refractivity contribution in [1.29, 1.82) is 0 Å². The van der Waals surface area contributed by atoms with Gasteiger partial charge in [-0.05, 0) is 31.0 Å². The van der Waals surface area contributed by atoms with E-state index in [0.29, 0.717) is 5.56 Å². The zero-order valence-electron chi connectivity index (χ0n) is 8.92. The van der Waals surface area contributed by atoms with Crippen molar-refractivity contribution in [2.75, 3.05) is 7.11 Å². The van der Waals surface area contributed by atoms with Crippen LogP contribution < -0.4 is 0 Å². The fraction of sp³-hybridized carbons (Fsp3) is 0.273. The van der Waals surface area contributed by atoms with Crippen LogP contribution in [0.3, 0.4) is 0 Å². The van der Waals surface area contributed by atoms with Crippen LogP contribution in [0.4, 0.5) is 0 Å². The molecule has 0 aliphatic heterocycles. The van der Waals surface area contributed by atoms with Crippen molar-refractivity contribution in [1.82, 2.24) is 9.97 Å². The van der Waals surface area contributed by atoms with Crippen molar-refractivity contribution in [3.63, 3.8) is 0 Å². The highest BCUT2D eigenvalue weighted by atomic mass is 16.5. The molecule has 15 heavy (non-hydrogen) atoms. The van der Waals surface area contributed by atoms with Crippen molar-refractivity contribution in [2.24, 2.45) is 0 Å². The van der Waals surface area contributed by atoms with E-state index in [1.165, 1.54) is 7.11 Å². The Kier molecular flexibility index (Phi) is 2.19. The highest BCUT2D eigenvalue weighted by molar-refractivity contribution is 5.96. The molecule has 2 rings (SSSR count). The maximum Gasteiger partial charge on any atom is 0.338 e. The summed E-state index contributed by atoms with van der Waals surface area (Å²) in [6.07, 6.45) is 1.62. The minimum atomic E-state index is -0.313. The van der Waals surface area contributed by atoms with E-state index in [1.807, 2.05) is 13.8 Å². The summed E-state index contributed by atoms with van der Waals surface area (Å²) in [5.74, 6) is -0.313. The number of benzene rings is 1. The molecule has 4 nitrogen and oxygen atoms in total. The van der Waals surface area contributed by atoms with Gasteiger partial charge in [0.05, 0.1) is 30.0 Å². The van der Waals surface area contributed by atoms with Gasteiger partial charge in [0.1, 0.15) is 0 Å². The van der Waals surface area contributed by atoms with E-state index < -0.39 is 0 Å². The van der Waals surface area contributed by atoms with Crippen molar-refractivity contribution in [2.45, 2.75) is 13.8 Å². The first kappa shape index (κ1) is 9.71. The van der Waals surface area contributed by atoms with Crippen molar-refractivity contribution in [3.05, 3.63) is 29.1 Å². The molecular weight excluding hydrogens is 192 g/mol. The summed E-state index contributed by atoms with van der Waals surface area (Å²) in [6, 6.07) is 1.77. The molecule has 0 atom stereocenters. The van der Waals surface area contributed by atoms with E-state index in [1.54, 1.807) is 12.4 Å². The molecule has 0 amide bonds. The number of H-pyrrole nitrogens is 1. The van der Waals surface area contributed by atoms with Crippen LogP contribution in [0, 0.1) is 13.8 Å². The highest BCUT2D eigenvalue weighted by Gasteiger charge is 2.14. The van der Waals surface area contributed by atoms with Crippen LogP contribution in [0.5, 0.6) is 0 Å². The number of hydrogen-bond donors (Lipinski definition) is 1. The Balaban J connectivity index is 2.75. The Hall–Kier alpha value is -1.84. The summed E-state index contributed by atoms with van der Waals surface area (Å²) in [6.45, 7) is 3.85. The minimum Gasteiger partial charge on any atom is -0.465 e. The molecule has 0 aliphatic rings. The second kappa shape index (κ2) is 3.38. The number of fused-ring (bicyclic) bond motifs is 1. The molecule has 0 radical (unpaired) electrons. The van der Waals surface area contributed by atoms with Gasteiger partial charge in [-0.1, -0.05) is 0 Å². The predicted octanol–water partition coefficient (Wildman–Crippen LogP) is 1.97. The molecule has 2 aromatic rings. The minimum absolute atomic E-state index is 0.313. The van der Waals surface area contributed by atoms with Crippen molar-refractivity contribution in [3.8, 4) is 0 Å². The van der Waals surface area contributed by atoms with Gasteiger partial charge in [-0.2, -0.15) is 0 Å². The van der Waals surface area contributed by atoms with Crippen LogP contribution in [0.15, 0.2) is 12.4 Å². The lowest BCUT2D eigenvalue weighted by molar-refractivity contribution is 0.0600. The molecule has 0 aliphatic carbocycles. The van der Waals surface area contributed by atoms with Gasteiger partial charge in [0.25, 0.3) is 0 Å². The normalized spacial score (nSPS) is 10.6. The van der Waals surface area contributed by atoms with E-state index in [9.17, 15) is 4.79 Å². The van der Waals surface area contributed by atoms with Crippen LogP contribution in [0.1, 0.15) is 21.5 Å². The van der Waals surface area contributed by atoms with Crippen LogP contribution in [0.25, 0.3) is 11.0 Å². The molecule has 1 N–H and O–H groups in total. The van der Waals surface area contributed by atoms with Gasteiger partial charge in [-0.3, -0.25) is 0 Å². The van der Waals surface area contributed by atoms with Crippen LogP contribution in [0.2, 0.25) is 0 Å². The summed E-state index contributed by atoms with van der Waals surface area (Å²) in [5.41, 5.74) is 4.28. The summed E-state index contributed by atoms with van der Waals surface area (Å²) < 4.78 is 4.72. The monoisotopic (exact) mass is 204 g/mol. The number of aromatic amines is 1. The SMILES string of the molecule is COC(=O)c1cc2[nH]cnc2c(C)c1C. The van der Waals surface area contributed by atoms with Gasteiger partial charge in [0, 0.05) is 0 Å². The number of carbonyl (C=O) groups excluding carboxylic acids is 1. The standard InChI is InChI=1S/C11H12N2O2/c1-6-7(2)10-9(12-5-13-10)4-8(6)11(14)15-3/h4-5H,1-3H3,(H,12,13). The maximum absolute atomic E-state index is 11.5. The van der Waals surface area contributed by atoms with Gasteiger partial charge in [-0.25, -0.2) is 9.78 Å². The number of carbonyl (C=O) groups is 1. The third-order valence-electron chi connectivity index (χ3n) is 2.68. The third-order valence-corrected chi connectivity index (χ3v) is 2.68. The van der Waals surface area contributed by atoms with Crippen molar-refractivity contribution >= 4 is 17.0 Å². The van der Waals surface area contributed by atoms with Crippen LogP contribution >= 0.6 is 0 Å². The van der Waals surface area contributed by atoms with Gasteiger partial charge in [-0.15, -0.1) is 0 Å². The summed E-state index contributed by atoms with van der Waals surface area (Å²) in [7, 11) is 1.38. The Morgan fingerprint density at radius 2 is 2.13 bits per heavy atom. The second-order valence-electron chi connectivity index (χ2n) is 3.46. The third kappa shape index (κ3) is 1.38. The molecule has 1 aromatic carbocycles. The van der Waals surface area contributed by atoms with E-state index >= 15 is 0 Å². The summed E-state index contributed by atoms with van der Waals surface area (Å²) >= 11 is 0. The molecule has 0 saturated heterocycles. The maximum atomic E-state index is 11.5. The van der Waals surface area contributed by atoms with E-state index in [4.69, 9.17) is 4.74 Å². The zero-order chi connectivity index (χ0) is 11.0. The van der Waals surface area contributed by atoms with Crippen molar-refractivity contribution < 1.29 is 9.53 Å². The first-order chi connectivity index (χ1) is 7.15. The fourth-order valence-corrected chi connectivity index (χ4v) is 1.67. The Labute approximate surface area is 87.3 Å². The molecule has 0 fully saturated rings. The van der Waals surface area contributed by atoms with Gasteiger partial charge >= 0.3 is 5.97 Å². The quantitative estimate of drug-likeness (QED) is 0.722. The van der Waals surface area contributed by atoms with Crippen LogP contribution in [-0.4, -0.2) is 23.0 Å². The lowest BCUT2D eigenvalue weighted by atomic mass is 10.0. The van der Waals surface area contributed by atoms with Gasteiger partial charge < -0.3 is 9.72 Å². The number of aryl methyl sites for hydroxylation is 1. The number of nitrogens with one attached hydrogen (secondary N) is 1. The van der Waals surface area contributed by atoms with Gasteiger partial charge in [0.2, 0.25) is 0 Å². The predicted molar refractivity (Wildman–Crippen MR) is 56.9 cm³/mol. The van der Waals surface area contributed by atoms with E-state index in [-0.39, 0.29) is 5.97 Å². The number of hydrogen-bond acceptors (Lipinski definition) is 3. The van der Waals surface area contributed by atoms with Crippen LogP contribution in [-0.2, 0) is 4.74 Å². The number of ether oxygens (including phenoxy) is 1. The van der Waals surface area contributed by atoms with E-state index in [0.717, 1.165) is 22.2 Å². The molecule has 4 heteroatoms. The molecule has 0 bridgehead atoms. The number of rotatable bonds is 1. The second-order valence-corrected chi connectivity index (χ2v) is 3.46. The Morgan fingerprint density at radius 1 is 1.40 bits per heavy atom. The lowest BCUT2D eigenvalue weighted by Crippen LogP contribution is -2.05. The molecule has 0 spiro atoms. The largest absolute Gasteiger partial charge is 0.465 e. The summed E-state index contributed by atoms with van der Waals surface area (Å²) in [4.78, 5) is 18.7. The number of aromatic nitrogens is 2. The Morgan fingerprint density at radius 3 is 2.80 bits per heavy atom. The summed E-state index contributed by atoms with van der Waals surface area (Å²) in [5, 5.41) is 0. The molecular formula is C11H12N2O2. The number of methoxy groups -OCH3 is 1. The zero-order valence-corrected chi connectivity index (χ0v) is 8.92. The number of nitrogens with zero attached hydrogens (tertiary/aromatic N) is 1. The first-order valence-corrected chi connectivity index (χ1v) is 4.66. The molecule has 1 aromatic heterocycles. The molecule has 1 heterocycles. The highest BCUT2D eigenvalue weighted by Crippen LogP contribution is 2.22. The molecule has 78 valence electrons. The smallest absolute Gasteiger partial charge is 0.338 e. The van der Waals surface area contributed by atoms with Gasteiger partial charge in [0.15, 0.2) is 0 Å². The average Bonchev–Trinajstić information content (AvgIpc) is 2.70. The Bertz CT molecular complexity index is 529. The number of esters is 1. The lowest BCUT2D eigenvalue weighted by Gasteiger charge is -2.07. The number of imidazole rings is 1. The first-order valence-electron chi connectivity index (χ1n) is 4.66. The topological polar surface area (TPSA) is 55.0 Å². The average molecular weight is 204 g/mol. The van der Waals surface area contributed by atoms with E-state index in [2.05, 4.69) is 9.97 Å².